The minimum Gasteiger partial charge on any atom is -0.320 e. The normalized spacial score (nSPS) is 18.1. The van der Waals surface area contributed by atoms with Crippen LogP contribution >= 0.6 is 11.8 Å². The molecule has 130 valence electrons. The molecule has 0 radical (unpaired) electrons. The highest BCUT2D eigenvalue weighted by atomic mass is 32.2. The minimum atomic E-state index is -0.548. The van der Waals surface area contributed by atoms with Crippen LogP contribution < -0.4 is 10.9 Å². The largest absolute Gasteiger partial charge is 0.320 e. The van der Waals surface area contributed by atoms with Crippen molar-refractivity contribution < 1.29 is 14.4 Å². The van der Waals surface area contributed by atoms with Crippen LogP contribution in [0.3, 0.4) is 0 Å². The highest BCUT2D eigenvalue weighted by Gasteiger charge is 2.36. The number of hydrogen-bond donors (Lipinski definition) is 2. The van der Waals surface area contributed by atoms with Gasteiger partial charge in [0.25, 0.3) is 11.8 Å². The molecule has 1 aliphatic heterocycles. The van der Waals surface area contributed by atoms with Gasteiger partial charge in [0, 0.05) is 17.2 Å². The van der Waals surface area contributed by atoms with Crippen molar-refractivity contribution in [2.24, 2.45) is 5.92 Å². The van der Waals surface area contributed by atoms with Gasteiger partial charge in [0.2, 0.25) is 5.91 Å². The maximum absolute atomic E-state index is 12.4. The second kappa shape index (κ2) is 8.19. The van der Waals surface area contributed by atoms with Crippen LogP contribution in [0.4, 0.5) is 0 Å². The van der Waals surface area contributed by atoms with Crippen LogP contribution in [0.25, 0.3) is 0 Å². The molecule has 0 spiro atoms. The zero-order chi connectivity index (χ0) is 17.7. The molecule has 6 nitrogen and oxygen atoms in total. The number of rotatable bonds is 4. The van der Waals surface area contributed by atoms with Gasteiger partial charge < -0.3 is 4.90 Å². The first-order chi connectivity index (χ1) is 11.5. The van der Waals surface area contributed by atoms with Gasteiger partial charge in [0.15, 0.2) is 0 Å². The van der Waals surface area contributed by atoms with Crippen molar-refractivity contribution in [1.82, 2.24) is 15.8 Å². The molecule has 2 rings (SSSR count). The molecule has 1 saturated heterocycles. The Morgan fingerprint density at radius 3 is 2.67 bits per heavy atom. The quantitative estimate of drug-likeness (QED) is 0.811. The van der Waals surface area contributed by atoms with E-state index < -0.39 is 6.04 Å². The molecular formula is C17H23N3O3S. The van der Waals surface area contributed by atoms with Crippen molar-refractivity contribution >= 4 is 29.5 Å². The smallest absolute Gasteiger partial charge is 0.269 e. The van der Waals surface area contributed by atoms with Gasteiger partial charge in [-0.15, -0.1) is 11.8 Å². The van der Waals surface area contributed by atoms with Crippen molar-refractivity contribution in [2.45, 2.75) is 33.2 Å². The molecule has 1 fully saturated rings. The van der Waals surface area contributed by atoms with E-state index in [0.717, 1.165) is 12.0 Å². The second-order valence-electron chi connectivity index (χ2n) is 5.89. The molecular weight excluding hydrogens is 326 g/mol. The summed E-state index contributed by atoms with van der Waals surface area (Å²) in [5.41, 5.74) is 6.21. The summed E-state index contributed by atoms with van der Waals surface area (Å²) in [6.07, 6.45) is 0.734. The van der Waals surface area contributed by atoms with Crippen LogP contribution in [0.5, 0.6) is 0 Å². The molecule has 1 aromatic carbocycles. The summed E-state index contributed by atoms with van der Waals surface area (Å²) in [6, 6.07) is 6.59. The number of carbonyl (C=O) groups excluding carboxylic acids is 3. The zero-order valence-corrected chi connectivity index (χ0v) is 15.0. The van der Waals surface area contributed by atoms with Gasteiger partial charge in [-0.3, -0.25) is 25.2 Å². The van der Waals surface area contributed by atoms with E-state index in [4.69, 9.17) is 0 Å². The molecule has 2 N–H and O–H groups in total. The molecule has 0 saturated carbocycles. The van der Waals surface area contributed by atoms with E-state index in [1.165, 1.54) is 11.8 Å². The summed E-state index contributed by atoms with van der Waals surface area (Å²) < 4.78 is 0. The van der Waals surface area contributed by atoms with E-state index in [2.05, 4.69) is 10.9 Å². The second-order valence-corrected chi connectivity index (χ2v) is 6.89. The molecule has 2 atom stereocenters. The third-order valence-corrected chi connectivity index (χ3v) is 5.20. The number of nitrogens with one attached hydrogen (secondary N) is 2. The number of amides is 3. The van der Waals surface area contributed by atoms with Crippen LogP contribution in [0.1, 0.15) is 36.2 Å². The van der Waals surface area contributed by atoms with Gasteiger partial charge in [-0.05, 0) is 25.0 Å². The summed E-state index contributed by atoms with van der Waals surface area (Å²) in [6.45, 7) is 5.64. The van der Waals surface area contributed by atoms with Crippen molar-refractivity contribution in [1.29, 1.82) is 0 Å². The van der Waals surface area contributed by atoms with Gasteiger partial charge in [-0.25, -0.2) is 0 Å². The highest BCUT2D eigenvalue weighted by Crippen LogP contribution is 2.23. The Hall–Kier alpha value is -2.02. The zero-order valence-electron chi connectivity index (χ0n) is 14.2. The number of aryl methyl sites for hydroxylation is 1. The van der Waals surface area contributed by atoms with E-state index in [1.807, 2.05) is 32.9 Å². The standard InChI is InChI=1S/C17H23N3O3S/c1-4-11(2)17(23)20-10-24-9-14(20)16(22)19-18-15(21)13-8-6-5-7-12(13)3/h5-8,11,14H,4,9-10H2,1-3H3,(H,18,21)(H,19,22)/t11-,14+/m0/s1. The van der Waals surface area contributed by atoms with Crippen LogP contribution in [0, 0.1) is 12.8 Å². The molecule has 0 aliphatic carbocycles. The fourth-order valence-electron chi connectivity index (χ4n) is 2.43. The van der Waals surface area contributed by atoms with Crippen molar-refractivity contribution in [3.63, 3.8) is 0 Å². The predicted octanol–water partition coefficient (Wildman–Crippen LogP) is 1.70. The Kier molecular flexibility index (Phi) is 6.25. The first kappa shape index (κ1) is 18.3. The molecule has 1 heterocycles. The van der Waals surface area contributed by atoms with Crippen LogP contribution in [-0.4, -0.2) is 40.3 Å². The molecule has 7 heteroatoms. The minimum absolute atomic E-state index is 0.0205. The molecule has 1 aromatic rings. The Morgan fingerprint density at radius 2 is 2.00 bits per heavy atom. The fourth-order valence-corrected chi connectivity index (χ4v) is 3.60. The first-order valence-electron chi connectivity index (χ1n) is 7.99. The molecule has 0 bridgehead atoms. The number of hydrogen-bond acceptors (Lipinski definition) is 4. The molecule has 24 heavy (non-hydrogen) atoms. The van der Waals surface area contributed by atoms with Crippen LogP contribution in [0.15, 0.2) is 24.3 Å². The summed E-state index contributed by atoms with van der Waals surface area (Å²) in [5, 5.41) is 0. The summed E-state index contributed by atoms with van der Waals surface area (Å²) in [7, 11) is 0. The average molecular weight is 349 g/mol. The Morgan fingerprint density at radius 1 is 1.29 bits per heavy atom. The van der Waals surface area contributed by atoms with Crippen molar-refractivity contribution in [3.8, 4) is 0 Å². The van der Waals surface area contributed by atoms with Crippen LogP contribution in [-0.2, 0) is 9.59 Å². The first-order valence-corrected chi connectivity index (χ1v) is 9.15. The average Bonchev–Trinajstić information content (AvgIpc) is 3.08. The monoisotopic (exact) mass is 349 g/mol. The molecule has 1 aliphatic rings. The van der Waals surface area contributed by atoms with E-state index in [1.54, 1.807) is 17.0 Å². The summed E-state index contributed by atoms with van der Waals surface area (Å²) >= 11 is 1.54. The third kappa shape index (κ3) is 4.08. The van der Waals surface area contributed by atoms with E-state index >= 15 is 0 Å². The topological polar surface area (TPSA) is 78.5 Å². The van der Waals surface area contributed by atoms with Gasteiger partial charge in [0.05, 0.1) is 5.88 Å². The number of thioether (sulfide) groups is 1. The Balaban J connectivity index is 1.95. The Bertz CT molecular complexity index is 635. The predicted molar refractivity (Wildman–Crippen MR) is 94.2 cm³/mol. The van der Waals surface area contributed by atoms with Crippen molar-refractivity contribution in [3.05, 3.63) is 35.4 Å². The fraction of sp³-hybridized carbons (Fsp3) is 0.471. The number of nitrogens with zero attached hydrogens (tertiary/aromatic N) is 1. The van der Waals surface area contributed by atoms with E-state index in [0.29, 0.717) is 17.2 Å². The lowest BCUT2D eigenvalue weighted by atomic mass is 10.1. The van der Waals surface area contributed by atoms with E-state index in [-0.39, 0.29) is 23.6 Å². The maximum Gasteiger partial charge on any atom is 0.269 e. The van der Waals surface area contributed by atoms with Gasteiger partial charge in [-0.1, -0.05) is 32.0 Å². The van der Waals surface area contributed by atoms with Gasteiger partial charge in [-0.2, -0.15) is 0 Å². The summed E-state index contributed by atoms with van der Waals surface area (Å²) in [4.78, 5) is 38.4. The number of benzene rings is 1. The van der Waals surface area contributed by atoms with E-state index in [9.17, 15) is 14.4 Å². The highest BCUT2D eigenvalue weighted by molar-refractivity contribution is 7.99. The summed E-state index contributed by atoms with van der Waals surface area (Å²) in [5.74, 6) is 0.181. The van der Waals surface area contributed by atoms with Crippen LogP contribution in [0.2, 0.25) is 0 Å². The Labute approximate surface area is 146 Å². The lowest BCUT2D eigenvalue weighted by Gasteiger charge is -2.25. The number of hydrazine groups is 1. The van der Waals surface area contributed by atoms with Gasteiger partial charge in [0.1, 0.15) is 6.04 Å². The maximum atomic E-state index is 12.4. The molecule has 3 amide bonds. The molecule has 0 unspecified atom stereocenters. The molecule has 0 aromatic heterocycles. The SMILES string of the molecule is CC[C@H](C)C(=O)N1CSC[C@@H]1C(=O)NNC(=O)c1ccccc1C. The lowest BCUT2D eigenvalue weighted by Crippen LogP contribution is -2.53. The van der Waals surface area contributed by atoms with Crippen molar-refractivity contribution in [2.75, 3.05) is 11.6 Å². The number of carbonyl (C=O) groups is 3. The lowest BCUT2D eigenvalue weighted by molar-refractivity contribution is -0.141. The third-order valence-electron chi connectivity index (χ3n) is 4.19. The van der Waals surface area contributed by atoms with Gasteiger partial charge >= 0.3 is 0 Å².